The maximum Gasteiger partial charge on any atom is 0.366 e. The van der Waals surface area contributed by atoms with Crippen LogP contribution in [0.1, 0.15) is 13.8 Å². The van der Waals surface area contributed by atoms with Gasteiger partial charge in [-0.05, 0) is 5.92 Å². The minimum absolute atomic E-state index is 0.104. The molecule has 22 heavy (non-hydrogen) atoms. The van der Waals surface area contributed by atoms with Crippen molar-refractivity contribution in [2.45, 2.75) is 25.4 Å². The second-order valence-corrected chi connectivity index (χ2v) is 7.14. The van der Waals surface area contributed by atoms with Crippen molar-refractivity contribution in [1.82, 2.24) is 0 Å². The summed E-state index contributed by atoms with van der Waals surface area (Å²) in [6, 6.07) is -0.991. The number of carboxylic acid groups (broad SMARTS) is 2. The molecule has 12 heteroatoms. The molecule has 0 aliphatic heterocycles. The van der Waals surface area contributed by atoms with Crippen molar-refractivity contribution in [1.29, 1.82) is 5.41 Å². The zero-order valence-corrected chi connectivity index (χ0v) is 13.9. The standard InChI is InChI=1S/C9H18N2O4S.CH4NO3P/c1-5(2)9(11,8(14)15)4-16-3-6(10)7(12)13;2-1-6(3,4)5/h5-6H,3-4,10-11H2,1-2H3,(H,12,13)(H,14,15);1-2H,(H2,3,4,5)/t6?,9-;/m1./s1. The smallest absolute Gasteiger partial charge is 0.366 e. The van der Waals surface area contributed by atoms with E-state index in [9.17, 15) is 14.2 Å². The van der Waals surface area contributed by atoms with Crippen molar-refractivity contribution in [3.8, 4) is 0 Å². The number of hydrogen-bond acceptors (Lipinski definition) is 7. The molecule has 0 bridgehead atoms. The van der Waals surface area contributed by atoms with E-state index >= 15 is 0 Å². The normalized spacial score (nSPS) is 15.2. The number of nitrogens with one attached hydrogen (secondary N) is 1. The van der Waals surface area contributed by atoms with Crippen LogP contribution in [0.15, 0.2) is 0 Å². The van der Waals surface area contributed by atoms with E-state index in [0.717, 1.165) is 11.8 Å². The van der Waals surface area contributed by atoms with Gasteiger partial charge >= 0.3 is 19.5 Å². The van der Waals surface area contributed by atoms with Crippen molar-refractivity contribution in [2.75, 3.05) is 11.5 Å². The Labute approximate surface area is 131 Å². The molecule has 2 atom stereocenters. The Morgan fingerprint density at radius 1 is 1.36 bits per heavy atom. The van der Waals surface area contributed by atoms with Gasteiger partial charge in [-0.15, -0.1) is 0 Å². The van der Waals surface area contributed by atoms with Crippen LogP contribution in [0.2, 0.25) is 0 Å². The third-order valence-corrected chi connectivity index (χ3v) is 4.17. The molecule has 130 valence electrons. The third-order valence-electron chi connectivity index (χ3n) is 2.55. The molecule has 1 unspecified atom stereocenters. The fourth-order valence-corrected chi connectivity index (χ4v) is 2.21. The molecule has 0 aromatic carbocycles. The van der Waals surface area contributed by atoms with Gasteiger partial charge in [-0.3, -0.25) is 14.2 Å². The highest BCUT2D eigenvalue weighted by Crippen LogP contribution is 2.28. The Morgan fingerprint density at radius 2 is 1.77 bits per heavy atom. The second kappa shape index (κ2) is 9.93. The Morgan fingerprint density at radius 3 is 2.00 bits per heavy atom. The fraction of sp³-hybridized carbons (Fsp3) is 0.700. The van der Waals surface area contributed by atoms with E-state index in [2.05, 4.69) is 0 Å². The molecule has 0 saturated carbocycles. The van der Waals surface area contributed by atoms with Crippen LogP contribution in [-0.4, -0.2) is 61.0 Å². The molecular weight excluding hydrogens is 337 g/mol. The summed E-state index contributed by atoms with van der Waals surface area (Å²) in [7, 11) is -4.10. The molecule has 0 amide bonds. The Bertz CT molecular complexity index is 442. The van der Waals surface area contributed by atoms with E-state index in [1.54, 1.807) is 13.8 Å². The predicted octanol–water partition coefficient (Wildman–Crippen LogP) is -0.659. The van der Waals surface area contributed by atoms with Crippen molar-refractivity contribution in [3.63, 3.8) is 0 Å². The molecular formula is C10H22N3O7PS. The molecule has 0 radical (unpaired) electrons. The van der Waals surface area contributed by atoms with Crippen LogP contribution in [-0.2, 0) is 14.2 Å². The average Bonchev–Trinajstić information content (AvgIpc) is 2.37. The molecule has 0 aliphatic carbocycles. The molecule has 0 aromatic rings. The molecule has 10 nitrogen and oxygen atoms in total. The zero-order chi connectivity index (χ0) is 18.1. The first-order valence-corrected chi connectivity index (χ1v) is 8.76. The lowest BCUT2D eigenvalue weighted by molar-refractivity contribution is -0.144. The van der Waals surface area contributed by atoms with Gasteiger partial charge in [0.25, 0.3) is 0 Å². The molecule has 0 heterocycles. The molecule has 9 N–H and O–H groups in total. The Balaban J connectivity index is 0. The quantitative estimate of drug-likeness (QED) is 0.215. The highest BCUT2D eigenvalue weighted by molar-refractivity contribution is 7.99. The lowest BCUT2D eigenvalue weighted by Gasteiger charge is -2.28. The van der Waals surface area contributed by atoms with Crippen molar-refractivity contribution < 1.29 is 34.2 Å². The maximum atomic E-state index is 11.0. The summed E-state index contributed by atoms with van der Waals surface area (Å²) in [6.07, 6.45) is 0. The van der Waals surface area contributed by atoms with E-state index in [1.165, 1.54) is 0 Å². The maximum absolute atomic E-state index is 11.0. The highest BCUT2D eigenvalue weighted by atomic mass is 32.2. The van der Waals surface area contributed by atoms with Gasteiger partial charge in [0.05, 0.1) is 0 Å². The number of thioether (sulfide) groups is 1. The summed E-state index contributed by atoms with van der Waals surface area (Å²) in [4.78, 5) is 36.8. The van der Waals surface area contributed by atoms with Crippen LogP contribution in [0.4, 0.5) is 0 Å². The molecule has 0 saturated heterocycles. The van der Waals surface area contributed by atoms with Gasteiger partial charge in [0.1, 0.15) is 17.5 Å². The van der Waals surface area contributed by atoms with Crippen LogP contribution in [0.25, 0.3) is 0 Å². The summed E-state index contributed by atoms with van der Waals surface area (Å²) in [5.41, 5.74) is 9.68. The van der Waals surface area contributed by atoms with Gasteiger partial charge in [0.15, 0.2) is 0 Å². The number of carboxylic acids is 2. The lowest BCUT2D eigenvalue weighted by Crippen LogP contribution is -2.55. The monoisotopic (exact) mass is 359 g/mol. The second-order valence-electron chi connectivity index (χ2n) is 4.68. The molecule has 0 aromatic heterocycles. The van der Waals surface area contributed by atoms with E-state index < -0.39 is 31.1 Å². The number of aliphatic carboxylic acids is 2. The molecule has 0 rings (SSSR count). The topological polar surface area (TPSA) is 208 Å². The first kappa shape index (κ1) is 23.3. The van der Waals surface area contributed by atoms with Gasteiger partial charge in [-0.25, -0.2) is 0 Å². The van der Waals surface area contributed by atoms with Crippen LogP contribution >= 0.6 is 19.4 Å². The van der Waals surface area contributed by atoms with Crippen LogP contribution in [0, 0.1) is 11.3 Å². The molecule has 0 fully saturated rings. The first-order valence-electron chi connectivity index (χ1n) is 5.93. The van der Waals surface area contributed by atoms with Crippen LogP contribution < -0.4 is 11.5 Å². The van der Waals surface area contributed by atoms with Gasteiger partial charge in [0, 0.05) is 11.5 Å². The van der Waals surface area contributed by atoms with Crippen molar-refractivity contribution >= 4 is 37.3 Å². The number of hydrogen-bond donors (Lipinski definition) is 7. The van der Waals surface area contributed by atoms with E-state index in [4.69, 9.17) is 36.9 Å². The minimum atomic E-state index is -4.10. The van der Waals surface area contributed by atoms with Gasteiger partial charge < -0.3 is 36.9 Å². The number of carbonyl (C=O) groups is 2. The Kier molecular flexibility index (Phi) is 10.5. The van der Waals surface area contributed by atoms with Crippen molar-refractivity contribution in [2.24, 2.45) is 17.4 Å². The minimum Gasteiger partial charge on any atom is -0.480 e. The SMILES string of the molecule is CC(C)[C@](N)(CSCC(N)C(=O)O)C(=O)O.N=CP(=O)(O)O. The summed E-state index contributed by atoms with van der Waals surface area (Å²) >= 11 is 1.14. The average molecular weight is 359 g/mol. The fourth-order valence-electron chi connectivity index (χ4n) is 0.901. The number of nitrogens with two attached hydrogens (primary N) is 2. The van der Waals surface area contributed by atoms with E-state index in [-0.39, 0.29) is 23.4 Å². The van der Waals surface area contributed by atoms with Gasteiger partial charge in [-0.2, -0.15) is 11.8 Å². The van der Waals surface area contributed by atoms with Crippen molar-refractivity contribution in [3.05, 3.63) is 0 Å². The number of rotatable bonds is 8. The highest BCUT2D eigenvalue weighted by Gasteiger charge is 2.37. The molecule has 0 aliphatic rings. The van der Waals surface area contributed by atoms with E-state index in [0.29, 0.717) is 0 Å². The van der Waals surface area contributed by atoms with Crippen LogP contribution in [0.5, 0.6) is 0 Å². The van der Waals surface area contributed by atoms with Crippen LogP contribution in [0.3, 0.4) is 0 Å². The first-order chi connectivity index (χ1) is 9.77. The van der Waals surface area contributed by atoms with Gasteiger partial charge in [-0.1, -0.05) is 13.8 Å². The summed E-state index contributed by atoms with van der Waals surface area (Å²) < 4.78 is 9.45. The summed E-state index contributed by atoms with van der Waals surface area (Å²) in [5.74, 6) is -2.03. The predicted molar refractivity (Wildman–Crippen MR) is 83.2 cm³/mol. The van der Waals surface area contributed by atoms with Gasteiger partial charge in [0.2, 0.25) is 0 Å². The summed E-state index contributed by atoms with van der Waals surface area (Å²) in [5, 5.41) is 23.5. The third kappa shape index (κ3) is 9.87. The zero-order valence-electron chi connectivity index (χ0n) is 12.2. The van der Waals surface area contributed by atoms with E-state index in [1.807, 2.05) is 0 Å². The lowest BCUT2D eigenvalue weighted by atomic mass is 9.90. The molecule has 0 spiro atoms. The Hall–Kier alpha value is -0.970. The summed E-state index contributed by atoms with van der Waals surface area (Å²) in [6.45, 7) is 3.43. The largest absolute Gasteiger partial charge is 0.480 e.